The fourth-order valence-electron chi connectivity index (χ4n) is 2.53. The first-order chi connectivity index (χ1) is 10.2. The van der Waals surface area contributed by atoms with Gasteiger partial charge in [0.1, 0.15) is 11.6 Å². The van der Waals surface area contributed by atoms with Gasteiger partial charge in [0.2, 0.25) is 5.95 Å². The molecule has 0 radical (unpaired) electrons. The largest absolute Gasteiger partial charge is 0.341 e. The maximum absolute atomic E-state index is 12.9. The van der Waals surface area contributed by atoms with Crippen molar-refractivity contribution in [3.05, 3.63) is 41.8 Å². The topological polar surface area (TPSA) is 41.1 Å². The fraction of sp³-hybridized carbons (Fsp3) is 0.375. The molecule has 0 aliphatic carbocycles. The van der Waals surface area contributed by atoms with Crippen LogP contribution in [0.4, 0.5) is 21.8 Å². The van der Waals surface area contributed by atoms with Gasteiger partial charge in [-0.1, -0.05) is 0 Å². The molecular formula is C16H19FN4. The third kappa shape index (κ3) is 3.48. The lowest BCUT2D eigenvalue weighted by Crippen LogP contribution is -2.31. The third-order valence-electron chi connectivity index (χ3n) is 3.60. The molecule has 4 nitrogen and oxygen atoms in total. The van der Waals surface area contributed by atoms with Crippen LogP contribution in [0.15, 0.2) is 30.3 Å². The molecular weight excluding hydrogens is 267 g/mol. The van der Waals surface area contributed by atoms with Gasteiger partial charge in [-0.25, -0.2) is 9.37 Å². The van der Waals surface area contributed by atoms with Crippen LogP contribution in [0.5, 0.6) is 0 Å². The normalized spacial score (nSPS) is 15.0. The lowest BCUT2D eigenvalue weighted by atomic mass is 10.1. The summed E-state index contributed by atoms with van der Waals surface area (Å²) in [5, 5.41) is 3.21. The smallest absolute Gasteiger partial charge is 0.227 e. The van der Waals surface area contributed by atoms with Crippen molar-refractivity contribution < 1.29 is 4.39 Å². The van der Waals surface area contributed by atoms with Crippen LogP contribution >= 0.6 is 0 Å². The van der Waals surface area contributed by atoms with Crippen molar-refractivity contribution in [3.8, 4) is 0 Å². The number of hydrogen-bond acceptors (Lipinski definition) is 4. The first-order valence-corrected chi connectivity index (χ1v) is 7.34. The minimum Gasteiger partial charge on any atom is -0.341 e. The molecule has 1 saturated heterocycles. The van der Waals surface area contributed by atoms with Gasteiger partial charge >= 0.3 is 0 Å². The van der Waals surface area contributed by atoms with Gasteiger partial charge in [0.25, 0.3) is 0 Å². The summed E-state index contributed by atoms with van der Waals surface area (Å²) in [4.78, 5) is 11.3. The van der Waals surface area contributed by atoms with Gasteiger partial charge in [-0.15, -0.1) is 0 Å². The predicted octanol–water partition coefficient (Wildman–Crippen LogP) is 3.66. The Bertz CT molecular complexity index is 606. The minimum absolute atomic E-state index is 0.242. The van der Waals surface area contributed by atoms with E-state index >= 15 is 0 Å². The van der Waals surface area contributed by atoms with Crippen LogP contribution in [-0.2, 0) is 0 Å². The van der Waals surface area contributed by atoms with E-state index < -0.39 is 0 Å². The van der Waals surface area contributed by atoms with E-state index in [0.717, 1.165) is 36.2 Å². The lowest BCUT2D eigenvalue weighted by molar-refractivity contribution is 0.568. The van der Waals surface area contributed by atoms with Crippen molar-refractivity contribution in [1.29, 1.82) is 0 Å². The highest BCUT2D eigenvalue weighted by Crippen LogP contribution is 2.21. The Labute approximate surface area is 124 Å². The Morgan fingerprint density at radius 2 is 1.76 bits per heavy atom. The number of aromatic nitrogens is 2. The van der Waals surface area contributed by atoms with Crippen LogP contribution in [0.2, 0.25) is 0 Å². The van der Waals surface area contributed by atoms with Gasteiger partial charge in [-0.3, -0.25) is 0 Å². The second-order valence-electron chi connectivity index (χ2n) is 5.37. The summed E-state index contributed by atoms with van der Waals surface area (Å²) in [6.45, 7) is 3.99. The summed E-state index contributed by atoms with van der Waals surface area (Å²) < 4.78 is 12.9. The second kappa shape index (κ2) is 6.08. The molecule has 1 aliphatic rings. The molecule has 0 bridgehead atoms. The summed E-state index contributed by atoms with van der Waals surface area (Å²) in [5.41, 5.74) is 1.74. The van der Waals surface area contributed by atoms with Crippen LogP contribution in [0.3, 0.4) is 0 Å². The third-order valence-corrected chi connectivity index (χ3v) is 3.60. The van der Waals surface area contributed by atoms with E-state index in [0.29, 0.717) is 0 Å². The maximum Gasteiger partial charge on any atom is 0.227 e. The molecule has 1 aromatic heterocycles. The molecule has 1 aliphatic heterocycles. The molecule has 3 rings (SSSR count). The summed E-state index contributed by atoms with van der Waals surface area (Å²) >= 11 is 0. The number of aryl methyl sites for hydroxylation is 1. The molecule has 21 heavy (non-hydrogen) atoms. The Hall–Kier alpha value is -2.17. The zero-order valence-corrected chi connectivity index (χ0v) is 12.1. The minimum atomic E-state index is -0.242. The van der Waals surface area contributed by atoms with E-state index in [1.165, 1.54) is 31.4 Å². The quantitative estimate of drug-likeness (QED) is 0.935. The Morgan fingerprint density at radius 3 is 2.48 bits per heavy atom. The number of anilines is 3. The number of rotatable bonds is 3. The standard InChI is InChI=1S/C16H19FN4/c1-12-11-15(19-14-7-5-13(17)6-8-14)20-16(18-12)21-9-3-2-4-10-21/h5-8,11H,2-4,9-10H2,1H3,(H,18,19,20). The molecule has 1 aromatic carbocycles. The highest BCUT2D eigenvalue weighted by atomic mass is 19.1. The van der Waals surface area contributed by atoms with Gasteiger partial charge in [0, 0.05) is 30.5 Å². The number of piperidine rings is 1. The molecule has 0 saturated carbocycles. The summed E-state index contributed by atoms with van der Waals surface area (Å²) in [7, 11) is 0. The van der Waals surface area contributed by atoms with Crippen molar-refractivity contribution in [2.24, 2.45) is 0 Å². The monoisotopic (exact) mass is 286 g/mol. The zero-order chi connectivity index (χ0) is 14.7. The molecule has 0 amide bonds. The van der Waals surface area contributed by atoms with Crippen molar-refractivity contribution in [1.82, 2.24) is 9.97 Å². The average molecular weight is 286 g/mol. The highest BCUT2D eigenvalue weighted by molar-refractivity contribution is 5.57. The van der Waals surface area contributed by atoms with Crippen molar-refractivity contribution in [2.45, 2.75) is 26.2 Å². The van der Waals surface area contributed by atoms with Gasteiger partial charge in [-0.2, -0.15) is 4.98 Å². The maximum atomic E-state index is 12.9. The Balaban J connectivity index is 1.81. The number of nitrogens with one attached hydrogen (secondary N) is 1. The van der Waals surface area contributed by atoms with Crippen LogP contribution < -0.4 is 10.2 Å². The van der Waals surface area contributed by atoms with E-state index in [2.05, 4.69) is 20.2 Å². The highest BCUT2D eigenvalue weighted by Gasteiger charge is 2.14. The van der Waals surface area contributed by atoms with Crippen molar-refractivity contribution >= 4 is 17.5 Å². The van der Waals surface area contributed by atoms with E-state index in [1.54, 1.807) is 12.1 Å². The summed E-state index contributed by atoms with van der Waals surface area (Å²) in [6, 6.07) is 8.17. The van der Waals surface area contributed by atoms with Crippen LogP contribution in [0.1, 0.15) is 25.0 Å². The summed E-state index contributed by atoms with van der Waals surface area (Å²) in [5.74, 6) is 1.28. The fourth-order valence-corrected chi connectivity index (χ4v) is 2.53. The van der Waals surface area contributed by atoms with E-state index in [9.17, 15) is 4.39 Å². The van der Waals surface area contributed by atoms with E-state index in [1.807, 2.05) is 13.0 Å². The van der Waals surface area contributed by atoms with Gasteiger partial charge in [-0.05, 0) is 50.5 Å². The van der Waals surface area contributed by atoms with Crippen LogP contribution in [-0.4, -0.2) is 23.1 Å². The molecule has 2 heterocycles. The molecule has 0 unspecified atom stereocenters. The first-order valence-electron chi connectivity index (χ1n) is 7.34. The molecule has 2 aromatic rings. The van der Waals surface area contributed by atoms with E-state index in [4.69, 9.17) is 0 Å². The van der Waals surface area contributed by atoms with Crippen LogP contribution in [0, 0.1) is 12.7 Å². The zero-order valence-electron chi connectivity index (χ0n) is 12.1. The SMILES string of the molecule is Cc1cc(Nc2ccc(F)cc2)nc(N2CCCCC2)n1. The average Bonchev–Trinajstić information content (AvgIpc) is 2.50. The molecule has 1 fully saturated rings. The second-order valence-corrected chi connectivity index (χ2v) is 5.37. The van der Waals surface area contributed by atoms with Crippen molar-refractivity contribution in [3.63, 3.8) is 0 Å². The molecule has 5 heteroatoms. The Morgan fingerprint density at radius 1 is 1.05 bits per heavy atom. The number of nitrogens with zero attached hydrogens (tertiary/aromatic N) is 3. The molecule has 0 atom stereocenters. The number of benzene rings is 1. The predicted molar refractivity (Wildman–Crippen MR) is 82.5 cm³/mol. The van der Waals surface area contributed by atoms with Gasteiger partial charge in [0.05, 0.1) is 0 Å². The van der Waals surface area contributed by atoms with Gasteiger partial charge < -0.3 is 10.2 Å². The first kappa shape index (κ1) is 13.8. The molecule has 0 spiro atoms. The van der Waals surface area contributed by atoms with Gasteiger partial charge in [0.15, 0.2) is 0 Å². The Kier molecular flexibility index (Phi) is 3.99. The summed E-state index contributed by atoms with van der Waals surface area (Å²) in [6.07, 6.45) is 3.67. The number of halogens is 1. The molecule has 1 N–H and O–H groups in total. The molecule has 110 valence electrons. The van der Waals surface area contributed by atoms with Crippen LogP contribution in [0.25, 0.3) is 0 Å². The number of hydrogen-bond donors (Lipinski definition) is 1. The van der Waals surface area contributed by atoms with Crippen molar-refractivity contribution in [2.75, 3.05) is 23.3 Å². The lowest BCUT2D eigenvalue weighted by Gasteiger charge is -2.27. The van der Waals surface area contributed by atoms with E-state index in [-0.39, 0.29) is 5.82 Å².